The number of benzene rings is 2. The Morgan fingerprint density at radius 2 is 1.83 bits per heavy atom. The van der Waals surface area contributed by atoms with Crippen LogP contribution in [0.25, 0.3) is 11.4 Å². The minimum absolute atomic E-state index is 0.117. The van der Waals surface area contributed by atoms with E-state index in [2.05, 4.69) is 20.7 Å². The summed E-state index contributed by atoms with van der Waals surface area (Å²) in [6, 6.07) is 8.21. The molecule has 0 atom stereocenters. The Bertz CT molecular complexity index is 1210. The molecule has 1 N–H and O–H groups in total. The number of hydrogen-bond acceptors (Lipinski definition) is 5. The maximum absolute atomic E-state index is 13.4. The number of hydrogen-bond donors (Lipinski definition) is 1. The van der Waals surface area contributed by atoms with E-state index in [4.69, 9.17) is 11.6 Å². The number of amides is 2. The minimum atomic E-state index is -4.77. The first-order valence-electron chi connectivity index (χ1n) is 10.9. The average Bonchev–Trinajstić information content (AvgIpc) is 3.25. The van der Waals surface area contributed by atoms with Crippen LogP contribution in [0.3, 0.4) is 0 Å². The third kappa shape index (κ3) is 7.23. The average molecular weight is 527 g/mol. The van der Waals surface area contributed by atoms with Gasteiger partial charge >= 0.3 is 6.18 Å². The number of carbonyl (C=O) groups excluding carboxylic acids is 2. The van der Waals surface area contributed by atoms with Crippen molar-refractivity contribution >= 4 is 29.1 Å². The summed E-state index contributed by atoms with van der Waals surface area (Å²) in [5.74, 6) is -1.32. The Balaban J connectivity index is 1.84. The van der Waals surface area contributed by atoms with E-state index in [0.29, 0.717) is 30.5 Å². The van der Waals surface area contributed by atoms with E-state index >= 15 is 0 Å². The molecule has 8 nitrogen and oxygen atoms in total. The Morgan fingerprint density at radius 1 is 1.14 bits per heavy atom. The number of aromatic nitrogens is 4. The quantitative estimate of drug-likeness (QED) is 0.419. The lowest BCUT2D eigenvalue weighted by Crippen LogP contribution is -2.43. The summed E-state index contributed by atoms with van der Waals surface area (Å²) >= 11 is 5.71. The van der Waals surface area contributed by atoms with Gasteiger partial charge in [0.15, 0.2) is 0 Å². The largest absolute Gasteiger partial charge is 0.417 e. The van der Waals surface area contributed by atoms with Crippen molar-refractivity contribution < 1.29 is 27.2 Å². The van der Waals surface area contributed by atoms with Crippen LogP contribution in [0.1, 0.15) is 25.8 Å². The van der Waals surface area contributed by atoms with Crippen LogP contribution in [0.15, 0.2) is 42.5 Å². The van der Waals surface area contributed by atoms with Gasteiger partial charge in [-0.1, -0.05) is 25.4 Å². The molecule has 0 radical (unpaired) electrons. The van der Waals surface area contributed by atoms with Crippen LogP contribution >= 0.6 is 11.6 Å². The second-order valence-electron chi connectivity index (χ2n) is 8.32. The summed E-state index contributed by atoms with van der Waals surface area (Å²) in [5, 5.41) is 13.8. The smallest absolute Gasteiger partial charge is 0.355 e. The van der Waals surface area contributed by atoms with Gasteiger partial charge in [-0.2, -0.15) is 18.0 Å². The summed E-state index contributed by atoms with van der Waals surface area (Å²) in [6.45, 7) is 3.24. The molecule has 0 bridgehead atoms. The van der Waals surface area contributed by atoms with Crippen LogP contribution < -0.4 is 10.2 Å². The van der Waals surface area contributed by atoms with Crippen LogP contribution in [0.5, 0.6) is 0 Å². The summed E-state index contributed by atoms with van der Waals surface area (Å²) in [4.78, 5) is 27.5. The van der Waals surface area contributed by atoms with Gasteiger partial charge in [-0.15, -0.1) is 10.2 Å². The molecule has 0 unspecified atom stereocenters. The zero-order valence-electron chi connectivity index (χ0n) is 19.4. The van der Waals surface area contributed by atoms with Crippen LogP contribution in [-0.4, -0.2) is 45.1 Å². The number of rotatable bonds is 9. The van der Waals surface area contributed by atoms with E-state index in [1.54, 1.807) is 0 Å². The van der Waals surface area contributed by atoms with Gasteiger partial charge in [0, 0.05) is 17.8 Å². The van der Waals surface area contributed by atoms with Gasteiger partial charge in [0.05, 0.1) is 10.6 Å². The lowest BCUT2D eigenvalue weighted by Gasteiger charge is -2.23. The Labute approximate surface area is 209 Å². The molecule has 13 heteroatoms. The van der Waals surface area contributed by atoms with E-state index in [1.165, 1.54) is 30.3 Å². The van der Waals surface area contributed by atoms with Gasteiger partial charge in [0.1, 0.15) is 18.9 Å². The van der Waals surface area contributed by atoms with Crippen molar-refractivity contribution in [1.29, 1.82) is 0 Å². The number of tetrazole rings is 1. The Hall–Kier alpha value is -3.54. The third-order valence-electron chi connectivity index (χ3n) is 5.05. The summed E-state index contributed by atoms with van der Waals surface area (Å²) < 4.78 is 53.4. The fourth-order valence-electron chi connectivity index (χ4n) is 3.15. The molecular formula is C23H23ClF4N6O2. The first-order valence-corrected chi connectivity index (χ1v) is 11.3. The van der Waals surface area contributed by atoms with Crippen LogP contribution in [0, 0.1) is 11.7 Å². The number of carbonyl (C=O) groups is 2. The van der Waals surface area contributed by atoms with E-state index in [9.17, 15) is 27.2 Å². The molecule has 0 saturated carbocycles. The molecule has 36 heavy (non-hydrogen) atoms. The Morgan fingerprint density at radius 3 is 2.47 bits per heavy atom. The predicted molar refractivity (Wildman–Crippen MR) is 124 cm³/mol. The van der Waals surface area contributed by atoms with Crippen molar-refractivity contribution in [3.05, 3.63) is 58.9 Å². The van der Waals surface area contributed by atoms with Gasteiger partial charge in [0.2, 0.25) is 11.7 Å². The molecule has 1 aromatic heterocycles. The minimum Gasteiger partial charge on any atom is -0.355 e. The van der Waals surface area contributed by atoms with Crippen molar-refractivity contribution in [2.24, 2.45) is 5.92 Å². The molecular weight excluding hydrogens is 504 g/mol. The topological polar surface area (TPSA) is 93.0 Å². The molecule has 0 fully saturated rings. The predicted octanol–water partition coefficient (Wildman–Crippen LogP) is 4.35. The zero-order valence-corrected chi connectivity index (χ0v) is 20.1. The van der Waals surface area contributed by atoms with Crippen molar-refractivity contribution in [2.45, 2.75) is 33.0 Å². The van der Waals surface area contributed by atoms with Gasteiger partial charge in [-0.05, 0) is 60.0 Å². The maximum Gasteiger partial charge on any atom is 0.417 e. The standard InChI is InChI=1S/C23H23ClF4N6O2/c1-14(2)9-10-29-20(35)12-33(17-7-8-19(24)18(11-17)23(26,27)28)21(36)13-34-31-22(30-32-34)15-3-5-16(25)6-4-15/h3-8,11,14H,9-10,12-13H2,1-2H3,(H,29,35). The molecule has 0 aliphatic carbocycles. The number of nitrogens with one attached hydrogen (secondary N) is 1. The highest BCUT2D eigenvalue weighted by molar-refractivity contribution is 6.31. The van der Waals surface area contributed by atoms with Crippen molar-refractivity contribution in [3.8, 4) is 11.4 Å². The molecule has 0 aliphatic heterocycles. The van der Waals surface area contributed by atoms with E-state index in [0.717, 1.165) is 15.8 Å². The fourth-order valence-corrected chi connectivity index (χ4v) is 3.38. The second-order valence-corrected chi connectivity index (χ2v) is 8.73. The van der Waals surface area contributed by atoms with Crippen molar-refractivity contribution in [3.63, 3.8) is 0 Å². The van der Waals surface area contributed by atoms with Crippen LogP contribution in [0.2, 0.25) is 5.02 Å². The summed E-state index contributed by atoms with van der Waals surface area (Å²) in [5.41, 5.74) is -0.865. The number of nitrogens with zero attached hydrogens (tertiary/aromatic N) is 5. The molecule has 1 heterocycles. The highest BCUT2D eigenvalue weighted by atomic mass is 35.5. The normalized spacial score (nSPS) is 11.6. The highest BCUT2D eigenvalue weighted by Gasteiger charge is 2.34. The third-order valence-corrected chi connectivity index (χ3v) is 5.38. The van der Waals surface area contributed by atoms with Gasteiger partial charge in [0.25, 0.3) is 5.91 Å². The summed E-state index contributed by atoms with van der Waals surface area (Å²) in [6.07, 6.45) is -4.08. The van der Waals surface area contributed by atoms with Crippen LogP contribution in [-0.2, 0) is 22.3 Å². The van der Waals surface area contributed by atoms with E-state index in [-0.39, 0.29) is 11.5 Å². The number of anilines is 1. The van der Waals surface area contributed by atoms with Crippen molar-refractivity contribution in [2.75, 3.05) is 18.0 Å². The SMILES string of the molecule is CC(C)CCNC(=O)CN(C(=O)Cn1nnc(-c2ccc(F)cc2)n1)c1ccc(Cl)c(C(F)(F)F)c1. The van der Waals surface area contributed by atoms with Crippen LogP contribution in [0.4, 0.5) is 23.2 Å². The first kappa shape index (κ1) is 27.1. The lowest BCUT2D eigenvalue weighted by atomic mass is 10.1. The monoisotopic (exact) mass is 526 g/mol. The molecule has 0 aliphatic rings. The lowest BCUT2D eigenvalue weighted by molar-refractivity contribution is -0.137. The highest BCUT2D eigenvalue weighted by Crippen LogP contribution is 2.37. The van der Waals surface area contributed by atoms with Crippen molar-refractivity contribution in [1.82, 2.24) is 25.5 Å². The number of halogens is 5. The zero-order chi connectivity index (χ0) is 26.5. The van der Waals surface area contributed by atoms with Gasteiger partial charge < -0.3 is 10.2 Å². The first-order chi connectivity index (χ1) is 16.9. The van der Waals surface area contributed by atoms with E-state index < -0.39 is 47.5 Å². The summed E-state index contributed by atoms with van der Waals surface area (Å²) in [7, 11) is 0. The van der Waals surface area contributed by atoms with Gasteiger partial charge in [-0.25, -0.2) is 4.39 Å². The molecule has 2 amide bonds. The van der Waals surface area contributed by atoms with Gasteiger partial charge in [-0.3, -0.25) is 9.59 Å². The molecule has 192 valence electrons. The fraction of sp³-hybridized carbons (Fsp3) is 0.348. The molecule has 0 saturated heterocycles. The molecule has 0 spiro atoms. The molecule has 3 aromatic rings. The van der Waals surface area contributed by atoms with E-state index in [1.807, 2.05) is 13.8 Å². The molecule has 2 aromatic carbocycles. The second kappa shape index (κ2) is 11.5. The number of alkyl halides is 3. The molecule has 3 rings (SSSR count). The maximum atomic E-state index is 13.4. The Kier molecular flexibility index (Phi) is 8.62.